The van der Waals surface area contributed by atoms with E-state index in [9.17, 15) is 94.8 Å². The maximum Gasteiger partial charge on any atom is 0.252 e. The third-order valence-corrected chi connectivity index (χ3v) is 11.5. The van der Waals surface area contributed by atoms with Crippen LogP contribution in [0.25, 0.3) is 0 Å². The number of carbonyl (C=O) groups is 7. The average molecular weight is 1050 g/mol. The molecule has 0 unspecified atom stereocenters. The average Bonchev–Trinajstić information content (AvgIpc) is 3.36. The molecule has 27 heteroatoms. The van der Waals surface area contributed by atoms with Gasteiger partial charge in [-0.15, -0.1) is 0 Å². The minimum Gasteiger partial charge on any atom is -0.504 e. The minimum absolute atomic E-state index is 0.0211. The molecule has 0 aliphatic carbocycles. The lowest BCUT2D eigenvalue weighted by atomic mass is 10.0. The molecule has 4 aromatic rings. The van der Waals surface area contributed by atoms with Gasteiger partial charge in [0.25, 0.3) is 23.6 Å². The second kappa shape index (κ2) is 27.0. The molecule has 4 aromatic carbocycles. The summed E-state index contributed by atoms with van der Waals surface area (Å²) in [5.41, 5.74) is 10.7. The van der Waals surface area contributed by atoms with Crippen LogP contribution in [0.15, 0.2) is 48.5 Å². The van der Waals surface area contributed by atoms with Gasteiger partial charge in [-0.25, -0.2) is 0 Å². The number of nitrogens with one attached hydrogen (secondary N) is 5. The molecule has 0 aromatic heterocycles. The SMILES string of the molecule is NCCN(C(=O)[C@H](CCCCNC(=O)c1cc(O)c(O)c(O)c1)NC(=O)c1cc(O)c(O)c(O)c1)[C@@H](CCCCNC(=O)[C@H](CCCCNC(=O)c1cc(O)c(O)c(O)c1)NC(=O)c1cc(O)c(O)c(O)c1)C(N)=O. The van der Waals surface area contributed by atoms with Crippen LogP contribution < -0.4 is 38.1 Å². The number of carbonyl (C=O) groups excluding carboxylic acids is 7. The highest BCUT2D eigenvalue weighted by atomic mass is 16.3. The van der Waals surface area contributed by atoms with Crippen LogP contribution in [0, 0.1) is 0 Å². The molecule has 0 saturated heterocycles. The number of rotatable bonds is 27. The minimum atomic E-state index is -1.42. The van der Waals surface area contributed by atoms with Crippen LogP contribution in [-0.2, 0) is 14.4 Å². The predicted molar refractivity (Wildman–Crippen MR) is 261 cm³/mol. The third kappa shape index (κ3) is 16.1. The maximum absolute atomic E-state index is 14.3. The van der Waals surface area contributed by atoms with Crippen LogP contribution in [-0.4, -0.2) is 158 Å². The highest BCUT2D eigenvalue weighted by Gasteiger charge is 2.34. The number of nitrogens with two attached hydrogens (primary N) is 2. The Hall–Kier alpha value is -9.27. The smallest absolute Gasteiger partial charge is 0.252 e. The second-order valence-corrected chi connectivity index (χ2v) is 17.0. The fraction of sp³-hybridized carbons (Fsp3) is 0.354. The van der Waals surface area contributed by atoms with Crippen molar-refractivity contribution in [3.05, 3.63) is 70.8 Å². The summed E-state index contributed by atoms with van der Waals surface area (Å²) >= 11 is 0. The highest BCUT2D eigenvalue weighted by molar-refractivity contribution is 6.00. The number of aromatic hydroxyl groups is 12. The van der Waals surface area contributed by atoms with Crippen molar-refractivity contribution in [2.24, 2.45) is 11.5 Å². The van der Waals surface area contributed by atoms with Gasteiger partial charge in [0.2, 0.25) is 17.7 Å². The van der Waals surface area contributed by atoms with E-state index in [1.54, 1.807) is 0 Å². The van der Waals surface area contributed by atoms with Gasteiger partial charge in [-0.3, -0.25) is 33.6 Å². The molecule has 7 amide bonds. The topological polar surface area (TPSA) is 478 Å². The number of phenolic OH excluding ortho intramolecular Hbond substituents is 12. The standard InChI is InChI=1S/C48H60N8O19/c49-10-14-56(48(75)28(55-46(73)26-21-36(63)41(68)37(64)22-26)8-2-5-12-52-44(71)24-17-32(59)39(66)33(60)18-24)29(42(50)69)9-3-6-13-53-47(74)27(54-45(72)25-19-34(61)40(67)35(62)20-25)7-1-4-11-51-43(70)23-15-30(57)38(65)31(58)16-23/h15-22,27-29,57-68H,1-14,49H2,(H2,50,69)(H,51,70)(H,52,71)(H,53,74)(H,54,72)(H,55,73)/t27-,28-,29-/m0/s1. The van der Waals surface area contributed by atoms with E-state index in [2.05, 4.69) is 26.6 Å². The highest BCUT2D eigenvalue weighted by Crippen LogP contribution is 2.38. The van der Waals surface area contributed by atoms with Crippen LogP contribution in [0.3, 0.4) is 0 Å². The summed E-state index contributed by atoms with van der Waals surface area (Å²) in [5.74, 6) is -15.5. The summed E-state index contributed by atoms with van der Waals surface area (Å²) in [6.07, 6.45) is 0.814. The third-order valence-electron chi connectivity index (χ3n) is 11.5. The van der Waals surface area contributed by atoms with Gasteiger partial charge in [0, 0.05) is 55.0 Å². The van der Waals surface area contributed by atoms with Gasteiger partial charge in [-0.2, -0.15) is 0 Å². The largest absolute Gasteiger partial charge is 0.504 e. The van der Waals surface area contributed by atoms with E-state index >= 15 is 0 Å². The first kappa shape index (κ1) is 58.3. The molecule has 0 aliphatic heterocycles. The van der Waals surface area contributed by atoms with Crippen molar-refractivity contribution in [3.8, 4) is 69.0 Å². The number of primary amides is 1. The van der Waals surface area contributed by atoms with E-state index in [1.165, 1.54) is 0 Å². The Morgan fingerprint density at radius 3 is 1.08 bits per heavy atom. The Morgan fingerprint density at radius 2 is 0.733 bits per heavy atom. The van der Waals surface area contributed by atoms with Gasteiger partial charge in [0.15, 0.2) is 69.0 Å². The molecular weight excluding hydrogens is 993 g/mol. The molecule has 406 valence electrons. The van der Waals surface area contributed by atoms with E-state index in [4.69, 9.17) is 11.5 Å². The first-order valence-electron chi connectivity index (χ1n) is 23.2. The molecule has 0 spiro atoms. The van der Waals surface area contributed by atoms with Crippen molar-refractivity contribution in [1.29, 1.82) is 0 Å². The van der Waals surface area contributed by atoms with Gasteiger partial charge in [0.1, 0.15) is 18.1 Å². The molecule has 21 N–H and O–H groups in total. The van der Waals surface area contributed by atoms with Crippen LogP contribution in [0.2, 0.25) is 0 Å². The van der Waals surface area contributed by atoms with Gasteiger partial charge in [-0.1, -0.05) is 0 Å². The molecular formula is C48H60N8O19. The monoisotopic (exact) mass is 1050 g/mol. The Kier molecular flexibility index (Phi) is 21.0. The van der Waals surface area contributed by atoms with E-state index in [1.807, 2.05) is 0 Å². The number of nitrogens with zero attached hydrogens (tertiary/aromatic N) is 1. The number of hydrogen-bond donors (Lipinski definition) is 19. The normalized spacial score (nSPS) is 12.1. The Balaban J connectivity index is 1.42. The molecule has 0 bridgehead atoms. The lowest BCUT2D eigenvalue weighted by Gasteiger charge is -2.33. The molecule has 0 saturated carbocycles. The molecule has 27 nitrogen and oxygen atoms in total. The van der Waals surface area contributed by atoms with Crippen LogP contribution in [0.4, 0.5) is 0 Å². The molecule has 0 heterocycles. The summed E-state index contributed by atoms with van der Waals surface area (Å²) < 4.78 is 0. The van der Waals surface area contributed by atoms with Gasteiger partial charge in [-0.05, 0) is 106 Å². The van der Waals surface area contributed by atoms with Gasteiger partial charge < -0.3 is 104 Å². The number of hydrogen-bond acceptors (Lipinski definition) is 20. The summed E-state index contributed by atoms with van der Waals surface area (Å²) in [7, 11) is 0. The van der Waals surface area contributed by atoms with E-state index in [-0.39, 0.29) is 113 Å². The summed E-state index contributed by atoms with van der Waals surface area (Å²) in [4.78, 5) is 93.8. The Morgan fingerprint density at radius 1 is 0.427 bits per heavy atom. The van der Waals surface area contributed by atoms with E-state index in [0.717, 1.165) is 53.4 Å². The van der Waals surface area contributed by atoms with Crippen molar-refractivity contribution in [2.45, 2.75) is 75.9 Å². The number of phenols is 12. The van der Waals surface area contributed by atoms with Gasteiger partial charge in [0.05, 0.1) is 0 Å². The maximum atomic E-state index is 14.3. The van der Waals surface area contributed by atoms with E-state index in [0.29, 0.717) is 0 Å². The molecule has 0 aliphatic rings. The Labute approximate surface area is 426 Å². The van der Waals surface area contributed by atoms with Crippen molar-refractivity contribution in [3.63, 3.8) is 0 Å². The summed E-state index contributed by atoms with van der Waals surface area (Å²) in [6, 6.07) is 3.10. The zero-order valence-electron chi connectivity index (χ0n) is 40.1. The fourth-order valence-electron chi connectivity index (χ4n) is 7.51. The lowest BCUT2D eigenvalue weighted by molar-refractivity contribution is -0.141. The number of benzene rings is 4. The first-order chi connectivity index (χ1) is 35.4. The summed E-state index contributed by atoms with van der Waals surface area (Å²) in [5, 5.41) is 130. The predicted octanol–water partition coefficient (Wildman–Crippen LogP) is 0.179. The summed E-state index contributed by atoms with van der Waals surface area (Å²) in [6.45, 7) is -0.479. The van der Waals surface area contributed by atoms with Gasteiger partial charge >= 0.3 is 0 Å². The molecule has 75 heavy (non-hydrogen) atoms. The van der Waals surface area contributed by atoms with Crippen molar-refractivity contribution >= 4 is 41.4 Å². The van der Waals surface area contributed by atoms with Crippen LogP contribution in [0.1, 0.15) is 99.2 Å². The molecule has 3 atom stereocenters. The van der Waals surface area contributed by atoms with Crippen molar-refractivity contribution in [1.82, 2.24) is 31.5 Å². The Bertz CT molecular complexity index is 2660. The molecule has 0 fully saturated rings. The van der Waals surface area contributed by atoms with Crippen molar-refractivity contribution < 1.29 is 94.8 Å². The molecule has 0 radical (unpaired) electrons. The zero-order chi connectivity index (χ0) is 55.7. The second-order valence-electron chi connectivity index (χ2n) is 17.0. The first-order valence-corrected chi connectivity index (χ1v) is 23.2. The zero-order valence-corrected chi connectivity index (χ0v) is 40.1. The fourth-order valence-corrected chi connectivity index (χ4v) is 7.51. The van der Waals surface area contributed by atoms with Crippen LogP contribution in [0.5, 0.6) is 69.0 Å². The van der Waals surface area contributed by atoms with Crippen LogP contribution >= 0.6 is 0 Å². The quantitative estimate of drug-likeness (QED) is 0.0280. The number of unbranched alkanes of at least 4 members (excludes halogenated alkanes) is 3. The lowest BCUT2D eigenvalue weighted by Crippen LogP contribution is -2.56. The number of amides is 7. The molecule has 4 rings (SSSR count). The van der Waals surface area contributed by atoms with Crippen molar-refractivity contribution in [2.75, 3.05) is 32.7 Å². The van der Waals surface area contributed by atoms with E-state index < -0.39 is 128 Å².